The third-order valence-corrected chi connectivity index (χ3v) is 3.84. The lowest BCUT2D eigenvalue weighted by Gasteiger charge is -2.11. The number of nitriles is 1. The van der Waals surface area contributed by atoms with Gasteiger partial charge < -0.3 is 14.8 Å². The van der Waals surface area contributed by atoms with E-state index < -0.39 is 0 Å². The lowest BCUT2D eigenvalue weighted by Crippen LogP contribution is -2.24. The van der Waals surface area contributed by atoms with E-state index in [1.807, 2.05) is 49.4 Å². The maximum atomic E-state index is 11.2. The number of carbonyl (C=O) groups is 1. The van der Waals surface area contributed by atoms with Gasteiger partial charge >= 0.3 is 0 Å². The molecule has 136 valence electrons. The fourth-order valence-corrected chi connectivity index (χ4v) is 2.51. The Hall–Kier alpha value is -3.00. The molecule has 5 heteroatoms. The summed E-state index contributed by atoms with van der Waals surface area (Å²) in [6.07, 6.45) is 0.615. The van der Waals surface area contributed by atoms with E-state index in [9.17, 15) is 4.79 Å². The molecule has 0 aromatic heterocycles. The van der Waals surface area contributed by atoms with E-state index in [0.29, 0.717) is 26.2 Å². The Bertz CT molecular complexity index is 764. The van der Waals surface area contributed by atoms with Crippen molar-refractivity contribution in [1.82, 2.24) is 5.32 Å². The van der Waals surface area contributed by atoms with Crippen LogP contribution in [-0.4, -0.2) is 25.7 Å². The van der Waals surface area contributed by atoms with Crippen LogP contribution in [0.2, 0.25) is 0 Å². The molecule has 5 nitrogen and oxygen atoms in total. The number of ether oxygens (including phenoxy) is 2. The maximum Gasteiger partial charge on any atom is 0.234 e. The summed E-state index contributed by atoms with van der Waals surface area (Å²) in [5, 5.41) is 11.1. The first-order chi connectivity index (χ1) is 12.6. The molecule has 26 heavy (non-hydrogen) atoms. The number of aryl methyl sites for hydroxylation is 2. The van der Waals surface area contributed by atoms with Gasteiger partial charge in [0.15, 0.2) is 0 Å². The van der Waals surface area contributed by atoms with E-state index in [1.54, 1.807) is 0 Å². The van der Waals surface area contributed by atoms with Crippen LogP contribution in [0.4, 0.5) is 0 Å². The number of rotatable bonds is 9. The van der Waals surface area contributed by atoms with Crippen molar-refractivity contribution in [2.45, 2.75) is 26.7 Å². The number of hydrogen-bond acceptors (Lipinski definition) is 4. The molecule has 0 bridgehead atoms. The van der Waals surface area contributed by atoms with Gasteiger partial charge in [-0.25, -0.2) is 0 Å². The minimum Gasteiger partial charge on any atom is -0.490 e. The number of carbonyl (C=O) groups excluding carboxylic acids is 1. The summed E-state index contributed by atoms with van der Waals surface area (Å²) in [5.74, 6) is 1.43. The van der Waals surface area contributed by atoms with Crippen molar-refractivity contribution in [2.24, 2.45) is 0 Å². The first-order valence-corrected chi connectivity index (χ1v) is 8.64. The van der Waals surface area contributed by atoms with E-state index in [2.05, 4.69) is 18.3 Å². The average Bonchev–Trinajstić information content (AvgIpc) is 2.62. The summed E-state index contributed by atoms with van der Waals surface area (Å²) >= 11 is 0. The van der Waals surface area contributed by atoms with E-state index >= 15 is 0 Å². The van der Waals surface area contributed by atoms with Crippen molar-refractivity contribution >= 4 is 5.91 Å². The molecule has 1 N–H and O–H groups in total. The molecular formula is C21H24N2O3. The quantitative estimate of drug-likeness (QED) is 0.703. The molecule has 2 aromatic carbocycles. The van der Waals surface area contributed by atoms with Crippen LogP contribution in [0.3, 0.4) is 0 Å². The van der Waals surface area contributed by atoms with Crippen LogP contribution in [0, 0.1) is 25.2 Å². The van der Waals surface area contributed by atoms with Crippen LogP contribution in [-0.2, 0) is 11.2 Å². The van der Waals surface area contributed by atoms with Crippen molar-refractivity contribution in [3.63, 3.8) is 0 Å². The first kappa shape index (κ1) is 19.3. The topological polar surface area (TPSA) is 71.3 Å². The molecule has 2 aromatic rings. The second kappa shape index (κ2) is 10.1. The summed E-state index contributed by atoms with van der Waals surface area (Å²) in [6.45, 7) is 5.56. The van der Waals surface area contributed by atoms with E-state index in [-0.39, 0.29) is 12.3 Å². The van der Waals surface area contributed by atoms with Crippen molar-refractivity contribution in [3.8, 4) is 17.6 Å². The number of nitrogens with zero attached hydrogens (tertiary/aromatic N) is 1. The van der Waals surface area contributed by atoms with Gasteiger partial charge in [0, 0.05) is 6.54 Å². The SMILES string of the molecule is Cc1ccc(OCCOc2ccc(CCNC(=O)CC#N)cc2)c(C)c1. The van der Waals surface area contributed by atoms with Gasteiger partial charge in [-0.1, -0.05) is 29.8 Å². The molecule has 0 aliphatic carbocycles. The van der Waals surface area contributed by atoms with E-state index in [1.165, 1.54) is 5.56 Å². The van der Waals surface area contributed by atoms with Crippen LogP contribution >= 0.6 is 0 Å². The molecule has 0 aliphatic rings. The number of benzene rings is 2. The van der Waals surface area contributed by atoms with Crippen molar-refractivity contribution < 1.29 is 14.3 Å². The Morgan fingerprint density at radius 3 is 2.50 bits per heavy atom. The lowest BCUT2D eigenvalue weighted by molar-refractivity contribution is -0.120. The molecule has 0 saturated carbocycles. The van der Waals surface area contributed by atoms with Gasteiger partial charge in [-0.2, -0.15) is 5.26 Å². The summed E-state index contributed by atoms with van der Waals surface area (Å²) in [5.41, 5.74) is 3.44. The predicted octanol–water partition coefficient (Wildman–Crippen LogP) is 3.33. The Balaban J connectivity index is 1.69. The average molecular weight is 352 g/mol. The molecule has 0 radical (unpaired) electrons. The molecule has 0 unspecified atom stereocenters. The van der Waals surface area contributed by atoms with Gasteiger partial charge in [-0.15, -0.1) is 0 Å². The zero-order valence-corrected chi connectivity index (χ0v) is 15.2. The number of hydrogen-bond donors (Lipinski definition) is 1. The fourth-order valence-electron chi connectivity index (χ4n) is 2.51. The second-order valence-corrected chi connectivity index (χ2v) is 6.04. The van der Waals surface area contributed by atoms with E-state index in [0.717, 1.165) is 22.6 Å². The summed E-state index contributed by atoms with van der Waals surface area (Å²) in [7, 11) is 0. The highest BCUT2D eigenvalue weighted by molar-refractivity contribution is 5.77. The summed E-state index contributed by atoms with van der Waals surface area (Å²) < 4.78 is 11.4. The Labute approximate surface area is 154 Å². The predicted molar refractivity (Wildman–Crippen MR) is 100 cm³/mol. The smallest absolute Gasteiger partial charge is 0.234 e. The highest BCUT2D eigenvalue weighted by atomic mass is 16.5. The van der Waals surface area contributed by atoms with Gasteiger partial charge in [0.05, 0.1) is 6.07 Å². The molecule has 0 aliphatic heterocycles. The van der Waals surface area contributed by atoms with Crippen LogP contribution in [0.5, 0.6) is 11.5 Å². The monoisotopic (exact) mass is 352 g/mol. The van der Waals surface area contributed by atoms with Crippen molar-refractivity contribution in [1.29, 1.82) is 5.26 Å². The third kappa shape index (κ3) is 6.48. The Morgan fingerprint density at radius 2 is 1.81 bits per heavy atom. The summed E-state index contributed by atoms with van der Waals surface area (Å²) in [6, 6.07) is 15.7. The minimum absolute atomic E-state index is 0.100. The summed E-state index contributed by atoms with van der Waals surface area (Å²) in [4.78, 5) is 11.2. The second-order valence-electron chi connectivity index (χ2n) is 6.04. The number of amides is 1. The standard InChI is InChI=1S/C21H24N2O3/c1-16-3-8-20(17(2)15-16)26-14-13-25-19-6-4-18(5-7-19)10-12-23-21(24)9-11-22/h3-8,15H,9-10,12-14H2,1-2H3,(H,23,24). The van der Waals surface area contributed by atoms with Crippen LogP contribution in [0.1, 0.15) is 23.1 Å². The maximum absolute atomic E-state index is 11.2. The van der Waals surface area contributed by atoms with Gasteiger partial charge in [-0.05, 0) is 49.6 Å². The fraction of sp³-hybridized carbons (Fsp3) is 0.333. The zero-order chi connectivity index (χ0) is 18.8. The lowest BCUT2D eigenvalue weighted by atomic mass is 10.1. The zero-order valence-electron chi connectivity index (χ0n) is 15.2. The van der Waals surface area contributed by atoms with Crippen molar-refractivity contribution in [2.75, 3.05) is 19.8 Å². The minimum atomic E-state index is -0.240. The Kier molecular flexibility index (Phi) is 7.50. The molecule has 0 spiro atoms. The molecule has 0 saturated heterocycles. The Morgan fingerprint density at radius 1 is 1.08 bits per heavy atom. The van der Waals surface area contributed by atoms with Gasteiger partial charge in [0.2, 0.25) is 5.91 Å². The molecule has 2 rings (SSSR count). The van der Waals surface area contributed by atoms with Gasteiger partial charge in [0.25, 0.3) is 0 Å². The first-order valence-electron chi connectivity index (χ1n) is 8.64. The van der Waals surface area contributed by atoms with Gasteiger partial charge in [-0.3, -0.25) is 4.79 Å². The normalized spacial score (nSPS) is 10.0. The molecule has 0 heterocycles. The van der Waals surface area contributed by atoms with Crippen LogP contribution in [0.15, 0.2) is 42.5 Å². The number of nitrogens with one attached hydrogen (secondary N) is 1. The van der Waals surface area contributed by atoms with Gasteiger partial charge in [0.1, 0.15) is 31.1 Å². The largest absolute Gasteiger partial charge is 0.490 e. The van der Waals surface area contributed by atoms with E-state index in [4.69, 9.17) is 14.7 Å². The van der Waals surface area contributed by atoms with Crippen molar-refractivity contribution in [3.05, 3.63) is 59.2 Å². The molecule has 1 amide bonds. The molecule has 0 fully saturated rings. The highest BCUT2D eigenvalue weighted by Gasteiger charge is 2.02. The van der Waals surface area contributed by atoms with Crippen LogP contribution < -0.4 is 14.8 Å². The molecular weight excluding hydrogens is 328 g/mol. The highest BCUT2D eigenvalue weighted by Crippen LogP contribution is 2.18. The third-order valence-electron chi connectivity index (χ3n) is 3.84. The molecule has 0 atom stereocenters. The van der Waals surface area contributed by atoms with Crippen LogP contribution in [0.25, 0.3) is 0 Å².